The normalized spacial score (nSPS) is 15.7. The molecule has 1 saturated carbocycles. The molecule has 0 saturated heterocycles. The van der Waals surface area contributed by atoms with E-state index in [1.165, 1.54) is 19.3 Å². The fourth-order valence-electron chi connectivity index (χ4n) is 2.37. The van der Waals surface area contributed by atoms with Crippen LogP contribution in [0.4, 0.5) is 0 Å². The molecule has 0 aliphatic heterocycles. The fourth-order valence-corrected chi connectivity index (χ4v) is 2.37. The number of benzene rings is 1. The minimum Gasteiger partial charge on any atom is -0.370 e. The van der Waals surface area contributed by atoms with E-state index in [0.717, 1.165) is 29.5 Å². The van der Waals surface area contributed by atoms with Crippen molar-refractivity contribution in [2.75, 3.05) is 6.54 Å². The number of H-pyrrole nitrogens is 1. The average Bonchev–Trinajstić information content (AvgIpc) is 2.93. The van der Waals surface area contributed by atoms with Crippen LogP contribution >= 0.6 is 0 Å². The van der Waals surface area contributed by atoms with Gasteiger partial charge in [-0.15, -0.1) is 0 Å². The van der Waals surface area contributed by atoms with Crippen LogP contribution in [0, 0.1) is 5.92 Å². The third kappa shape index (κ3) is 3.62. The maximum absolute atomic E-state index is 5.86. The number of nitrogens with two attached hydrogens (primary N) is 1. The van der Waals surface area contributed by atoms with Crippen LogP contribution in [0.25, 0.3) is 11.3 Å². The highest BCUT2D eigenvalue weighted by atomic mass is 15.1. The van der Waals surface area contributed by atoms with Crippen molar-refractivity contribution in [2.45, 2.75) is 25.8 Å². The van der Waals surface area contributed by atoms with Gasteiger partial charge in [0.05, 0.1) is 11.9 Å². The Labute approximate surface area is 124 Å². The van der Waals surface area contributed by atoms with Crippen molar-refractivity contribution >= 4 is 5.96 Å². The predicted molar refractivity (Wildman–Crippen MR) is 84.7 cm³/mol. The van der Waals surface area contributed by atoms with Crippen molar-refractivity contribution < 1.29 is 0 Å². The lowest BCUT2D eigenvalue weighted by molar-refractivity contribution is 0.315. The second-order valence-electron chi connectivity index (χ2n) is 5.49. The monoisotopic (exact) mass is 283 g/mol. The molecule has 1 fully saturated rings. The van der Waals surface area contributed by atoms with Crippen LogP contribution in [0.2, 0.25) is 0 Å². The lowest BCUT2D eigenvalue weighted by Crippen LogP contribution is -2.37. The van der Waals surface area contributed by atoms with Gasteiger partial charge in [-0.3, -0.25) is 0 Å². The molecule has 2 aromatic rings. The summed E-state index contributed by atoms with van der Waals surface area (Å²) in [6, 6.07) is 10.1. The largest absolute Gasteiger partial charge is 0.370 e. The van der Waals surface area contributed by atoms with Crippen molar-refractivity contribution in [3.63, 3.8) is 0 Å². The molecule has 1 aliphatic rings. The maximum Gasteiger partial charge on any atom is 0.189 e. The summed E-state index contributed by atoms with van der Waals surface area (Å²) in [4.78, 5) is 11.9. The van der Waals surface area contributed by atoms with Crippen LogP contribution in [0.15, 0.2) is 41.5 Å². The molecule has 1 heterocycles. The molecule has 0 radical (unpaired) electrons. The first-order valence-electron chi connectivity index (χ1n) is 7.44. The van der Waals surface area contributed by atoms with Crippen LogP contribution in [-0.2, 0) is 6.54 Å². The average molecular weight is 283 g/mol. The first kappa shape index (κ1) is 13.7. The Bertz CT molecular complexity index is 598. The molecule has 5 nitrogen and oxygen atoms in total. The highest BCUT2D eigenvalue weighted by Gasteiger charge is 2.16. The van der Waals surface area contributed by atoms with Gasteiger partial charge in [0, 0.05) is 6.54 Å². The number of hydrogen-bond acceptors (Lipinski definition) is 2. The molecule has 0 atom stereocenters. The lowest BCUT2D eigenvalue weighted by atomic mass is 9.85. The van der Waals surface area contributed by atoms with Gasteiger partial charge in [-0.1, -0.05) is 36.8 Å². The van der Waals surface area contributed by atoms with Crippen LogP contribution in [0.3, 0.4) is 0 Å². The van der Waals surface area contributed by atoms with Crippen molar-refractivity contribution in [1.82, 2.24) is 15.3 Å². The topological polar surface area (TPSA) is 79.1 Å². The minimum atomic E-state index is 0.469. The van der Waals surface area contributed by atoms with E-state index in [9.17, 15) is 0 Å². The Hall–Kier alpha value is -2.30. The summed E-state index contributed by atoms with van der Waals surface area (Å²) >= 11 is 0. The molecule has 0 amide bonds. The number of aromatic nitrogens is 2. The maximum atomic E-state index is 5.86. The molecule has 0 bridgehead atoms. The van der Waals surface area contributed by atoms with Crippen molar-refractivity contribution in [2.24, 2.45) is 16.6 Å². The zero-order valence-electron chi connectivity index (χ0n) is 12.0. The number of rotatable bonds is 5. The SMILES string of the molecule is NC(=NCc1ncc(-c2ccccc2)[nH]1)NCC1CCC1. The molecule has 3 rings (SSSR count). The predicted octanol–water partition coefficient (Wildman–Crippen LogP) is 2.28. The number of aromatic amines is 1. The van der Waals surface area contributed by atoms with E-state index in [-0.39, 0.29) is 0 Å². The molecule has 1 aliphatic carbocycles. The molecular weight excluding hydrogens is 262 g/mol. The molecule has 110 valence electrons. The van der Waals surface area contributed by atoms with Crippen LogP contribution < -0.4 is 11.1 Å². The quantitative estimate of drug-likeness (QED) is 0.582. The van der Waals surface area contributed by atoms with Crippen molar-refractivity contribution in [3.8, 4) is 11.3 Å². The van der Waals surface area contributed by atoms with Crippen LogP contribution in [0.5, 0.6) is 0 Å². The van der Waals surface area contributed by atoms with Gasteiger partial charge < -0.3 is 16.0 Å². The van der Waals surface area contributed by atoms with Crippen LogP contribution in [0.1, 0.15) is 25.1 Å². The van der Waals surface area contributed by atoms with E-state index >= 15 is 0 Å². The van der Waals surface area contributed by atoms with E-state index in [4.69, 9.17) is 5.73 Å². The number of nitrogens with zero attached hydrogens (tertiary/aromatic N) is 2. The zero-order chi connectivity index (χ0) is 14.5. The summed E-state index contributed by atoms with van der Waals surface area (Å²) in [7, 11) is 0. The molecule has 5 heteroatoms. The van der Waals surface area contributed by atoms with E-state index in [1.807, 2.05) is 24.4 Å². The molecular formula is C16H21N5. The van der Waals surface area contributed by atoms with E-state index < -0.39 is 0 Å². The number of nitrogens with one attached hydrogen (secondary N) is 2. The Morgan fingerprint density at radius 2 is 2.14 bits per heavy atom. The summed E-state index contributed by atoms with van der Waals surface area (Å²) in [5.41, 5.74) is 7.99. The Balaban J connectivity index is 1.54. The smallest absolute Gasteiger partial charge is 0.189 e. The summed E-state index contributed by atoms with van der Waals surface area (Å²) in [5.74, 6) is 2.09. The molecule has 0 unspecified atom stereocenters. The summed E-state index contributed by atoms with van der Waals surface area (Å²) in [5, 5.41) is 3.18. The summed E-state index contributed by atoms with van der Waals surface area (Å²) in [6.07, 6.45) is 5.79. The Kier molecular flexibility index (Phi) is 4.19. The third-order valence-corrected chi connectivity index (χ3v) is 3.91. The van der Waals surface area contributed by atoms with Gasteiger partial charge in [-0.25, -0.2) is 9.98 Å². The van der Waals surface area contributed by atoms with Crippen LogP contribution in [-0.4, -0.2) is 22.5 Å². The first-order valence-corrected chi connectivity index (χ1v) is 7.44. The van der Waals surface area contributed by atoms with Gasteiger partial charge in [0.1, 0.15) is 12.4 Å². The number of hydrogen-bond donors (Lipinski definition) is 3. The van der Waals surface area contributed by atoms with Crippen molar-refractivity contribution in [1.29, 1.82) is 0 Å². The highest BCUT2D eigenvalue weighted by Crippen LogP contribution is 2.25. The van der Waals surface area contributed by atoms with E-state index in [2.05, 4.69) is 32.4 Å². The fraction of sp³-hybridized carbons (Fsp3) is 0.375. The van der Waals surface area contributed by atoms with Gasteiger partial charge in [0.15, 0.2) is 5.96 Å². The second kappa shape index (κ2) is 6.43. The standard InChI is InChI=1S/C16H21N5/c17-16(19-9-12-5-4-6-12)20-11-15-18-10-14(21-15)13-7-2-1-3-8-13/h1-3,7-8,10,12H,4-6,9,11H2,(H,18,21)(H3,17,19,20). The summed E-state index contributed by atoms with van der Waals surface area (Å²) in [6.45, 7) is 1.40. The molecule has 0 spiro atoms. The number of guanidine groups is 1. The van der Waals surface area contributed by atoms with Gasteiger partial charge in [-0.2, -0.15) is 0 Å². The molecule has 1 aromatic carbocycles. The molecule has 1 aromatic heterocycles. The zero-order valence-corrected chi connectivity index (χ0v) is 12.0. The minimum absolute atomic E-state index is 0.469. The van der Waals surface area contributed by atoms with Crippen molar-refractivity contribution in [3.05, 3.63) is 42.4 Å². The van der Waals surface area contributed by atoms with E-state index in [1.54, 1.807) is 0 Å². The summed E-state index contributed by atoms with van der Waals surface area (Å²) < 4.78 is 0. The Morgan fingerprint density at radius 1 is 1.33 bits per heavy atom. The lowest BCUT2D eigenvalue weighted by Gasteiger charge is -2.25. The van der Waals surface area contributed by atoms with Gasteiger partial charge in [0.2, 0.25) is 0 Å². The van der Waals surface area contributed by atoms with Gasteiger partial charge in [0.25, 0.3) is 0 Å². The Morgan fingerprint density at radius 3 is 2.86 bits per heavy atom. The number of imidazole rings is 1. The molecule has 21 heavy (non-hydrogen) atoms. The van der Waals surface area contributed by atoms with Gasteiger partial charge in [-0.05, 0) is 24.3 Å². The number of aliphatic imine (C=N–C) groups is 1. The van der Waals surface area contributed by atoms with Gasteiger partial charge >= 0.3 is 0 Å². The second-order valence-corrected chi connectivity index (χ2v) is 5.49. The first-order chi connectivity index (χ1) is 10.3. The molecule has 4 N–H and O–H groups in total. The highest BCUT2D eigenvalue weighted by molar-refractivity contribution is 5.77. The third-order valence-electron chi connectivity index (χ3n) is 3.91. The van der Waals surface area contributed by atoms with E-state index in [0.29, 0.717) is 12.5 Å².